The fraction of sp³-hybridized carbons (Fsp3) is 0.250. The molecule has 1 aromatic heterocycles. The van der Waals surface area contributed by atoms with Crippen LogP contribution in [0.3, 0.4) is 0 Å². The van der Waals surface area contributed by atoms with Crippen LogP contribution in [0.4, 0.5) is 0 Å². The number of nitrogens with zero attached hydrogens (tertiary/aromatic N) is 1. The Bertz CT molecular complexity index is 788. The van der Waals surface area contributed by atoms with Crippen LogP contribution in [-0.2, 0) is 17.9 Å². The van der Waals surface area contributed by atoms with Crippen LogP contribution in [0, 0.1) is 6.92 Å². The lowest BCUT2D eigenvalue weighted by atomic mass is 10.1. The fourth-order valence-corrected chi connectivity index (χ4v) is 2.64. The molecule has 0 bridgehead atoms. The third-order valence-electron chi connectivity index (χ3n) is 3.93. The topological polar surface area (TPSA) is 45.5 Å². The van der Waals surface area contributed by atoms with Crippen LogP contribution in [-0.4, -0.2) is 24.4 Å². The van der Waals surface area contributed by atoms with Gasteiger partial charge < -0.3 is 9.73 Å². The SMILES string of the molecule is Cc1ccc(CNC(=O)CN(C)Cc2cc3ccccc3o2)cc1. The number of hydrogen-bond donors (Lipinski definition) is 1. The summed E-state index contributed by atoms with van der Waals surface area (Å²) in [6.45, 7) is 3.54. The average molecular weight is 322 g/mol. The van der Waals surface area contributed by atoms with Gasteiger partial charge in [0, 0.05) is 11.9 Å². The molecular formula is C20H22N2O2. The number of nitrogens with one attached hydrogen (secondary N) is 1. The molecule has 0 aliphatic carbocycles. The molecule has 0 aliphatic rings. The van der Waals surface area contributed by atoms with Crippen molar-refractivity contribution in [2.75, 3.05) is 13.6 Å². The maximum atomic E-state index is 12.1. The molecule has 4 nitrogen and oxygen atoms in total. The monoisotopic (exact) mass is 322 g/mol. The fourth-order valence-electron chi connectivity index (χ4n) is 2.64. The number of carbonyl (C=O) groups excluding carboxylic acids is 1. The predicted octanol–water partition coefficient (Wildman–Crippen LogP) is 3.49. The van der Waals surface area contributed by atoms with Crippen molar-refractivity contribution in [3.05, 3.63) is 71.5 Å². The highest BCUT2D eigenvalue weighted by molar-refractivity contribution is 5.78. The first kappa shape index (κ1) is 16.3. The minimum absolute atomic E-state index is 0.00851. The van der Waals surface area contributed by atoms with Crippen LogP contribution in [0.1, 0.15) is 16.9 Å². The number of benzene rings is 2. The summed E-state index contributed by atoms with van der Waals surface area (Å²) in [5.41, 5.74) is 3.20. The molecule has 0 atom stereocenters. The van der Waals surface area contributed by atoms with Crippen molar-refractivity contribution in [1.82, 2.24) is 10.2 Å². The second-order valence-electron chi connectivity index (χ2n) is 6.19. The summed E-state index contributed by atoms with van der Waals surface area (Å²) in [5.74, 6) is 0.874. The van der Waals surface area contributed by atoms with Crippen molar-refractivity contribution in [3.63, 3.8) is 0 Å². The van der Waals surface area contributed by atoms with E-state index in [1.54, 1.807) is 0 Å². The number of fused-ring (bicyclic) bond motifs is 1. The zero-order valence-electron chi connectivity index (χ0n) is 14.1. The van der Waals surface area contributed by atoms with Gasteiger partial charge in [-0.3, -0.25) is 9.69 Å². The van der Waals surface area contributed by atoms with E-state index >= 15 is 0 Å². The van der Waals surface area contributed by atoms with E-state index in [1.807, 2.05) is 54.4 Å². The Morgan fingerprint density at radius 3 is 2.62 bits per heavy atom. The normalized spacial score (nSPS) is 11.1. The second-order valence-corrected chi connectivity index (χ2v) is 6.19. The molecule has 4 heteroatoms. The van der Waals surface area contributed by atoms with Gasteiger partial charge in [-0.05, 0) is 31.7 Å². The molecule has 124 valence electrons. The molecule has 1 N–H and O–H groups in total. The van der Waals surface area contributed by atoms with Gasteiger partial charge in [0.2, 0.25) is 5.91 Å². The highest BCUT2D eigenvalue weighted by Crippen LogP contribution is 2.19. The molecule has 0 spiro atoms. The molecule has 2 aromatic carbocycles. The van der Waals surface area contributed by atoms with Gasteiger partial charge in [0.25, 0.3) is 0 Å². The van der Waals surface area contributed by atoms with E-state index in [2.05, 4.69) is 24.4 Å². The van der Waals surface area contributed by atoms with Gasteiger partial charge in [0.05, 0.1) is 13.1 Å². The maximum Gasteiger partial charge on any atom is 0.234 e. The zero-order valence-corrected chi connectivity index (χ0v) is 14.1. The van der Waals surface area contributed by atoms with Crippen molar-refractivity contribution in [1.29, 1.82) is 0 Å². The quantitative estimate of drug-likeness (QED) is 0.755. The number of amides is 1. The van der Waals surface area contributed by atoms with Gasteiger partial charge in [-0.1, -0.05) is 48.0 Å². The molecular weight excluding hydrogens is 300 g/mol. The van der Waals surface area contributed by atoms with E-state index in [1.165, 1.54) is 5.56 Å². The minimum atomic E-state index is 0.00851. The number of aryl methyl sites for hydroxylation is 1. The molecule has 1 heterocycles. The first-order valence-corrected chi connectivity index (χ1v) is 8.08. The van der Waals surface area contributed by atoms with Gasteiger partial charge >= 0.3 is 0 Å². The third-order valence-corrected chi connectivity index (χ3v) is 3.93. The van der Waals surface area contributed by atoms with Crippen molar-refractivity contribution in [2.45, 2.75) is 20.0 Å². The zero-order chi connectivity index (χ0) is 16.9. The third kappa shape index (κ3) is 4.24. The molecule has 3 rings (SSSR count). The number of para-hydroxylation sites is 1. The Kier molecular flexibility index (Phi) is 4.96. The number of likely N-dealkylation sites (N-methyl/N-ethyl adjacent to an activating group) is 1. The second kappa shape index (κ2) is 7.32. The summed E-state index contributed by atoms with van der Waals surface area (Å²) in [5, 5.41) is 4.04. The summed E-state index contributed by atoms with van der Waals surface area (Å²) >= 11 is 0. The van der Waals surface area contributed by atoms with Gasteiger partial charge in [-0.25, -0.2) is 0 Å². The number of rotatable bonds is 6. The standard InChI is InChI=1S/C20H22N2O2/c1-15-7-9-16(10-8-15)12-21-20(23)14-22(2)13-18-11-17-5-3-4-6-19(17)24-18/h3-11H,12-14H2,1-2H3,(H,21,23). The maximum absolute atomic E-state index is 12.1. The lowest BCUT2D eigenvalue weighted by molar-refractivity contribution is -0.122. The molecule has 0 unspecified atom stereocenters. The number of carbonyl (C=O) groups is 1. The molecule has 0 saturated heterocycles. The lowest BCUT2D eigenvalue weighted by Crippen LogP contribution is -2.34. The van der Waals surface area contributed by atoms with Crippen molar-refractivity contribution in [3.8, 4) is 0 Å². The Morgan fingerprint density at radius 2 is 1.88 bits per heavy atom. The number of hydrogen-bond acceptors (Lipinski definition) is 3. The van der Waals surface area contributed by atoms with Gasteiger partial charge in [-0.2, -0.15) is 0 Å². The van der Waals surface area contributed by atoms with E-state index in [-0.39, 0.29) is 5.91 Å². The van der Waals surface area contributed by atoms with Crippen molar-refractivity contribution in [2.24, 2.45) is 0 Å². The van der Waals surface area contributed by atoms with E-state index in [0.717, 1.165) is 22.3 Å². The van der Waals surface area contributed by atoms with Gasteiger partial charge in [-0.15, -0.1) is 0 Å². The van der Waals surface area contributed by atoms with Crippen LogP contribution in [0.5, 0.6) is 0 Å². The van der Waals surface area contributed by atoms with Crippen molar-refractivity contribution < 1.29 is 9.21 Å². The lowest BCUT2D eigenvalue weighted by Gasteiger charge is -2.14. The molecule has 0 radical (unpaired) electrons. The summed E-state index contributed by atoms with van der Waals surface area (Å²) < 4.78 is 5.79. The minimum Gasteiger partial charge on any atom is -0.460 e. The Morgan fingerprint density at radius 1 is 1.12 bits per heavy atom. The Hall–Kier alpha value is -2.59. The first-order valence-electron chi connectivity index (χ1n) is 8.08. The molecule has 3 aromatic rings. The van der Waals surface area contributed by atoms with Crippen molar-refractivity contribution >= 4 is 16.9 Å². The molecule has 0 aliphatic heterocycles. The number of furan rings is 1. The average Bonchev–Trinajstić information content (AvgIpc) is 2.96. The summed E-state index contributed by atoms with van der Waals surface area (Å²) in [6.07, 6.45) is 0. The van der Waals surface area contributed by atoms with Crippen LogP contribution in [0.2, 0.25) is 0 Å². The van der Waals surface area contributed by atoms with E-state index < -0.39 is 0 Å². The summed E-state index contributed by atoms with van der Waals surface area (Å²) in [7, 11) is 1.92. The Balaban J connectivity index is 1.49. The van der Waals surface area contributed by atoms with Crippen LogP contribution in [0.15, 0.2) is 59.0 Å². The van der Waals surface area contributed by atoms with Gasteiger partial charge in [0.1, 0.15) is 11.3 Å². The van der Waals surface area contributed by atoms with E-state index in [9.17, 15) is 4.79 Å². The van der Waals surface area contributed by atoms with Crippen LogP contribution < -0.4 is 5.32 Å². The highest BCUT2D eigenvalue weighted by atomic mass is 16.3. The molecule has 0 fully saturated rings. The van der Waals surface area contributed by atoms with E-state index in [0.29, 0.717) is 19.6 Å². The largest absolute Gasteiger partial charge is 0.460 e. The van der Waals surface area contributed by atoms with Crippen LogP contribution in [0.25, 0.3) is 11.0 Å². The Labute approximate surface area is 142 Å². The summed E-state index contributed by atoms with van der Waals surface area (Å²) in [4.78, 5) is 14.0. The first-order chi connectivity index (χ1) is 11.6. The highest BCUT2D eigenvalue weighted by Gasteiger charge is 2.10. The summed E-state index contributed by atoms with van der Waals surface area (Å²) in [6, 6.07) is 18.1. The predicted molar refractivity (Wildman–Crippen MR) is 95.6 cm³/mol. The van der Waals surface area contributed by atoms with Gasteiger partial charge in [0.15, 0.2) is 0 Å². The smallest absolute Gasteiger partial charge is 0.234 e. The molecule has 0 saturated carbocycles. The van der Waals surface area contributed by atoms with Crippen LogP contribution >= 0.6 is 0 Å². The molecule has 1 amide bonds. The van der Waals surface area contributed by atoms with E-state index in [4.69, 9.17) is 4.42 Å². The molecule has 24 heavy (non-hydrogen) atoms.